The molecule has 1 aromatic rings. The molecule has 0 unspecified atom stereocenters. The lowest BCUT2D eigenvalue weighted by Gasteiger charge is -2.10. The van der Waals surface area contributed by atoms with Gasteiger partial charge in [0.05, 0.1) is 5.56 Å². The molecule has 0 bridgehead atoms. The third kappa shape index (κ3) is 5.74. The van der Waals surface area contributed by atoms with Gasteiger partial charge in [-0.2, -0.15) is 0 Å². The predicted octanol–water partition coefficient (Wildman–Crippen LogP) is 2.60. The molecule has 0 spiro atoms. The Bertz CT molecular complexity index is 463. The maximum Gasteiger partial charge on any atom is 0.303 e. The summed E-state index contributed by atoms with van der Waals surface area (Å²) >= 11 is 3.34. The van der Waals surface area contributed by atoms with Gasteiger partial charge < -0.3 is 16.2 Å². The van der Waals surface area contributed by atoms with Crippen molar-refractivity contribution in [2.45, 2.75) is 25.7 Å². The molecule has 0 saturated carbocycles. The lowest BCUT2D eigenvalue weighted by molar-refractivity contribution is -0.137. The number of aliphatic carboxylic acids is 1. The first-order chi connectivity index (χ1) is 9.00. The van der Waals surface area contributed by atoms with Gasteiger partial charge in [0.1, 0.15) is 0 Å². The standard InChI is InChI=1S/C13H17BrN2O3/c14-9-5-6-10(13(15)19)11(8-9)16-7-3-1-2-4-12(17)18/h5-6,8,16H,1-4,7H2,(H2,15,19)(H,17,18). The number of anilines is 1. The summed E-state index contributed by atoms with van der Waals surface area (Å²) in [6.07, 6.45) is 2.54. The van der Waals surface area contributed by atoms with Crippen LogP contribution >= 0.6 is 15.9 Å². The quantitative estimate of drug-likeness (QED) is 0.639. The molecular weight excluding hydrogens is 312 g/mol. The van der Waals surface area contributed by atoms with Crippen LogP contribution in [0.4, 0.5) is 5.69 Å². The van der Waals surface area contributed by atoms with E-state index in [0.29, 0.717) is 24.2 Å². The number of carboxylic acids is 1. The van der Waals surface area contributed by atoms with Gasteiger partial charge >= 0.3 is 5.97 Å². The Morgan fingerprint density at radius 3 is 2.63 bits per heavy atom. The molecule has 5 nitrogen and oxygen atoms in total. The molecule has 0 fully saturated rings. The van der Waals surface area contributed by atoms with E-state index in [-0.39, 0.29) is 6.42 Å². The van der Waals surface area contributed by atoms with Crippen molar-refractivity contribution < 1.29 is 14.7 Å². The fraction of sp³-hybridized carbons (Fsp3) is 0.385. The maximum atomic E-state index is 11.2. The fourth-order valence-corrected chi connectivity index (χ4v) is 2.04. The van der Waals surface area contributed by atoms with Gasteiger partial charge in [0.2, 0.25) is 0 Å². The molecule has 0 heterocycles. The Morgan fingerprint density at radius 2 is 2.00 bits per heavy atom. The molecule has 0 radical (unpaired) electrons. The van der Waals surface area contributed by atoms with Crippen molar-refractivity contribution in [3.63, 3.8) is 0 Å². The monoisotopic (exact) mass is 328 g/mol. The van der Waals surface area contributed by atoms with Crippen molar-refractivity contribution >= 4 is 33.5 Å². The molecule has 1 rings (SSSR count). The Balaban J connectivity index is 2.42. The lowest BCUT2D eigenvalue weighted by Crippen LogP contribution is -2.15. The highest BCUT2D eigenvalue weighted by Gasteiger charge is 2.07. The number of carboxylic acid groups (broad SMARTS) is 1. The summed E-state index contributed by atoms with van der Waals surface area (Å²) in [6, 6.07) is 5.23. The van der Waals surface area contributed by atoms with E-state index < -0.39 is 11.9 Å². The zero-order valence-electron chi connectivity index (χ0n) is 10.5. The van der Waals surface area contributed by atoms with Crippen molar-refractivity contribution in [1.82, 2.24) is 0 Å². The van der Waals surface area contributed by atoms with Crippen molar-refractivity contribution in [2.24, 2.45) is 5.73 Å². The summed E-state index contributed by atoms with van der Waals surface area (Å²) in [5.41, 5.74) is 6.44. The van der Waals surface area contributed by atoms with Crippen LogP contribution in [0.15, 0.2) is 22.7 Å². The molecule has 0 saturated heterocycles. The van der Waals surface area contributed by atoms with Crippen LogP contribution in [0.25, 0.3) is 0 Å². The van der Waals surface area contributed by atoms with Crippen molar-refractivity contribution in [3.05, 3.63) is 28.2 Å². The van der Waals surface area contributed by atoms with E-state index in [0.717, 1.165) is 17.3 Å². The van der Waals surface area contributed by atoms with E-state index in [2.05, 4.69) is 21.2 Å². The van der Waals surface area contributed by atoms with E-state index in [9.17, 15) is 9.59 Å². The summed E-state index contributed by atoms with van der Waals surface area (Å²) in [6.45, 7) is 0.677. The van der Waals surface area contributed by atoms with Crippen LogP contribution < -0.4 is 11.1 Å². The first-order valence-electron chi connectivity index (χ1n) is 6.05. The van der Waals surface area contributed by atoms with E-state index in [1.807, 2.05) is 0 Å². The summed E-state index contributed by atoms with van der Waals surface area (Å²) < 4.78 is 0.867. The SMILES string of the molecule is NC(=O)c1ccc(Br)cc1NCCCCCC(=O)O. The van der Waals surface area contributed by atoms with Crippen LogP contribution in [0.5, 0.6) is 0 Å². The first-order valence-corrected chi connectivity index (χ1v) is 6.85. The van der Waals surface area contributed by atoms with Crippen molar-refractivity contribution in [3.8, 4) is 0 Å². The highest BCUT2D eigenvalue weighted by atomic mass is 79.9. The Kier molecular flexibility index (Phi) is 6.35. The number of nitrogens with two attached hydrogens (primary N) is 1. The Hall–Kier alpha value is -1.56. The van der Waals surface area contributed by atoms with Crippen molar-refractivity contribution in [1.29, 1.82) is 0 Å². The van der Waals surface area contributed by atoms with Gasteiger partial charge in [-0.25, -0.2) is 0 Å². The maximum absolute atomic E-state index is 11.2. The molecule has 0 aliphatic carbocycles. The number of benzene rings is 1. The van der Waals surface area contributed by atoms with Crippen LogP contribution in [0, 0.1) is 0 Å². The molecule has 0 atom stereocenters. The summed E-state index contributed by atoms with van der Waals surface area (Å²) in [5.74, 6) is -1.24. The van der Waals surface area contributed by atoms with Gasteiger partial charge in [0, 0.05) is 23.1 Å². The normalized spacial score (nSPS) is 10.2. The molecule has 19 heavy (non-hydrogen) atoms. The first kappa shape index (κ1) is 15.5. The van der Waals surface area contributed by atoms with Gasteiger partial charge in [-0.05, 0) is 31.0 Å². The Morgan fingerprint density at radius 1 is 1.26 bits per heavy atom. The number of hydrogen-bond acceptors (Lipinski definition) is 3. The Labute approximate surface area is 120 Å². The fourth-order valence-electron chi connectivity index (χ4n) is 1.68. The zero-order valence-corrected chi connectivity index (χ0v) is 12.1. The van der Waals surface area contributed by atoms with Gasteiger partial charge in [-0.3, -0.25) is 9.59 Å². The molecule has 6 heteroatoms. The molecule has 104 valence electrons. The number of unbranched alkanes of at least 4 members (excludes halogenated alkanes) is 2. The highest BCUT2D eigenvalue weighted by molar-refractivity contribution is 9.10. The van der Waals surface area contributed by atoms with Crippen LogP contribution in [-0.4, -0.2) is 23.5 Å². The van der Waals surface area contributed by atoms with Gasteiger partial charge in [0.25, 0.3) is 5.91 Å². The van der Waals surface area contributed by atoms with Crippen LogP contribution in [0.1, 0.15) is 36.0 Å². The third-order valence-corrected chi connectivity index (χ3v) is 3.12. The van der Waals surface area contributed by atoms with Gasteiger partial charge in [-0.15, -0.1) is 0 Å². The number of nitrogens with one attached hydrogen (secondary N) is 1. The molecule has 1 aromatic carbocycles. The molecular formula is C13H17BrN2O3. The summed E-state index contributed by atoms with van der Waals surface area (Å²) in [7, 11) is 0. The van der Waals surface area contributed by atoms with Gasteiger partial charge in [-0.1, -0.05) is 22.4 Å². The second-order valence-corrected chi connectivity index (χ2v) is 5.10. The number of carbonyl (C=O) groups excluding carboxylic acids is 1. The van der Waals surface area contributed by atoms with Crippen LogP contribution in [0.2, 0.25) is 0 Å². The number of primary amides is 1. The topological polar surface area (TPSA) is 92.4 Å². The molecule has 0 aromatic heterocycles. The number of halogens is 1. The van der Waals surface area contributed by atoms with E-state index in [1.165, 1.54) is 0 Å². The number of carbonyl (C=O) groups is 2. The average molecular weight is 329 g/mol. The van der Waals surface area contributed by atoms with E-state index >= 15 is 0 Å². The van der Waals surface area contributed by atoms with Gasteiger partial charge in [0.15, 0.2) is 0 Å². The minimum absolute atomic E-state index is 0.198. The molecule has 0 aliphatic rings. The molecule has 0 aliphatic heterocycles. The second kappa shape index (κ2) is 7.78. The number of rotatable bonds is 8. The smallest absolute Gasteiger partial charge is 0.303 e. The molecule has 4 N–H and O–H groups in total. The van der Waals surface area contributed by atoms with Crippen LogP contribution in [-0.2, 0) is 4.79 Å². The lowest BCUT2D eigenvalue weighted by atomic mass is 10.1. The number of amides is 1. The predicted molar refractivity (Wildman–Crippen MR) is 77.3 cm³/mol. The van der Waals surface area contributed by atoms with Crippen molar-refractivity contribution in [2.75, 3.05) is 11.9 Å². The number of hydrogen-bond donors (Lipinski definition) is 3. The van der Waals surface area contributed by atoms with E-state index in [4.69, 9.17) is 10.8 Å². The minimum atomic E-state index is -0.768. The third-order valence-electron chi connectivity index (χ3n) is 2.63. The summed E-state index contributed by atoms with van der Waals surface area (Å²) in [4.78, 5) is 21.6. The average Bonchev–Trinajstić information content (AvgIpc) is 2.33. The van der Waals surface area contributed by atoms with E-state index in [1.54, 1.807) is 18.2 Å². The molecule has 1 amide bonds. The zero-order chi connectivity index (χ0) is 14.3. The largest absolute Gasteiger partial charge is 0.481 e. The van der Waals surface area contributed by atoms with Crippen LogP contribution in [0.3, 0.4) is 0 Å². The summed E-state index contributed by atoms with van der Waals surface area (Å²) in [5, 5.41) is 11.6. The highest BCUT2D eigenvalue weighted by Crippen LogP contribution is 2.21. The minimum Gasteiger partial charge on any atom is -0.481 e. The second-order valence-electron chi connectivity index (χ2n) is 4.19.